The third-order valence-electron chi connectivity index (χ3n) is 19.6. The Morgan fingerprint density at radius 1 is 0.670 bits per heavy atom. The minimum atomic E-state index is -0.589. The molecule has 3 aliphatic heterocycles. The van der Waals surface area contributed by atoms with Crippen molar-refractivity contribution in [2.75, 3.05) is 106 Å². The molecule has 20 heteroatoms. The van der Waals surface area contributed by atoms with E-state index in [4.69, 9.17) is 30.3 Å². The Kier molecular flexibility index (Phi) is 25.3. The van der Waals surface area contributed by atoms with Crippen LogP contribution in [0.15, 0.2) is 163 Å². The Hall–Kier alpha value is -8.87. The van der Waals surface area contributed by atoms with Gasteiger partial charge in [0.2, 0.25) is 11.7 Å². The van der Waals surface area contributed by atoms with E-state index in [-0.39, 0.29) is 11.7 Å². The summed E-state index contributed by atoms with van der Waals surface area (Å²) in [6.07, 6.45) is 15.8. The second kappa shape index (κ2) is 35.0. The summed E-state index contributed by atoms with van der Waals surface area (Å²) in [6.45, 7) is 24.1. The van der Waals surface area contributed by atoms with E-state index >= 15 is 0 Å². The minimum absolute atomic E-state index is 0.0260. The molecular formula is C80H97ClN12O7. The van der Waals surface area contributed by atoms with Crippen molar-refractivity contribution in [2.24, 2.45) is 11.8 Å². The zero-order valence-electron chi connectivity index (χ0n) is 58.9. The Bertz CT molecular complexity index is 4290. The van der Waals surface area contributed by atoms with Gasteiger partial charge in [-0.15, -0.1) is 0 Å². The molecule has 0 saturated carbocycles. The van der Waals surface area contributed by atoms with Crippen LogP contribution in [0.25, 0.3) is 44.1 Å². The number of rotatable bonds is 26. The summed E-state index contributed by atoms with van der Waals surface area (Å²) in [4.78, 5) is 43.5. The number of piperidine rings is 2. The lowest BCUT2D eigenvalue weighted by atomic mass is 9.85. The Balaban J connectivity index is 0.000000152. The molecule has 3 aliphatic rings. The number of amides is 1. The second-order valence-electron chi connectivity index (χ2n) is 27.5. The third-order valence-corrected chi connectivity index (χ3v) is 19.9. The molecule has 13 rings (SSSR count). The monoisotopic (exact) mass is 1370 g/mol. The van der Waals surface area contributed by atoms with Crippen molar-refractivity contribution in [1.29, 1.82) is 5.26 Å². The van der Waals surface area contributed by atoms with Crippen LogP contribution in [0.1, 0.15) is 110 Å². The number of hydrogen-bond donors (Lipinski definition) is 2. The standard InChI is InChI=1S/C29H39ClN4O3.C26H32N2O2.C25H26N6O2/c1-22(2)20-31-29(35)26-21-34(28-25(26)6-4-7-27(28)36-3)13-5-12-32-14-16-33(17-15-32)18-19-37-24-10-8-23(30)9-11-24;1-20(18-28-19-24(21(2)29)23-10-6-7-11-25(23)28)17-27-14-12-26(30,13-15-27)16-22-8-4-3-5-9-22;1-32-22-5-2-4-21-20(16-26)17-31(23(21)22)13-3-12-30-14-8-19(9-15-30)25-28-24(29-33-25)18-6-10-27-11-7-18/h4,6-11,21-22H,5,12-20H2,1-3H3,(H,31,35);3-11,19-20,30H,12-18H2,1-2H3;2,4-7,10-11,17,19H,3,8-9,12-15H2,1H3. The summed E-state index contributed by atoms with van der Waals surface area (Å²) < 4.78 is 29.2. The molecule has 5 aromatic carbocycles. The van der Waals surface area contributed by atoms with Gasteiger partial charge in [0.05, 0.1) is 42.0 Å². The number of ketones is 1. The van der Waals surface area contributed by atoms with Gasteiger partial charge in [0.25, 0.3) is 5.91 Å². The lowest BCUT2D eigenvalue weighted by molar-refractivity contribution is -0.0235. The van der Waals surface area contributed by atoms with E-state index in [1.807, 2.05) is 128 Å². The van der Waals surface area contributed by atoms with Gasteiger partial charge in [0.1, 0.15) is 29.9 Å². The van der Waals surface area contributed by atoms with E-state index < -0.39 is 5.60 Å². The van der Waals surface area contributed by atoms with Crippen LogP contribution in [-0.4, -0.2) is 177 Å². The van der Waals surface area contributed by atoms with Crippen LogP contribution in [0.3, 0.4) is 0 Å². The molecule has 8 heterocycles. The number of nitrogens with zero attached hydrogens (tertiary/aromatic N) is 11. The van der Waals surface area contributed by atoms with Crippen LogP contribution in [0.2, 0.25) is 5.02 Å². The first kappa shape index (κ1) is 72.4. The van der Waals surface area contributed by atoms with Crippen molar-refractivity contribution in [3.8, 4) is 34.7 Å². The lowest BCUT2D eigenvalue weighted by Gasteiger charge is -2.39. The van der Waals surface area contributed by atoms with Gasteiger partial charge >= 0.3 is 0 Å². The molecule has 2 N–H and O–H groups in total. The van der Waals surface area contributed by atoms with Crippen molar-refractivity contribution in [3.05, 3.63) is 192 Å². The van der Waals surface area contributed by atoms with Gasteiger partial charge in [-0.3, -0.25) is 19.5 Å². The number of nitrogens with one attached hydrogen (secondary N) is 1. The van der Waals surface area contributed by atoms with Crippen molar-refractivity contribution in [3.63, 3.8) is 0 Å². The number of para-hydroxylation sites is 3. The predicted octanol–water partition coefficient (Wildman–Crippen LogP) is 13.6. The van der Waals surface area contributed by atoms with Gasteiger partial charge in [-0.1, -0.05) is 110 Å². The van der Waals surface area contributed by atoms with E-state index in [1.165, 1.54) is 5.56 Å². The summed E-state index contributed by atoms with van der Waals surface area (Å²) in [5, 5.41) is 31.4. The molecular weight excluding hydrogens is 1280 g/mol. The van der Waals surface area contributed by atoms with Gasteiger partial charge in [0.15, 0.2) is 5.78 Å². The Morgan fingerprint density at radius 2 is 1.27 bits per heavy atom. The van der Waals surface area contributed by atoms with E-state index in [9.17, 15) is 20.0 Å². The van der Waals surface area contributed by atoms with Crippen LogP contribution in [0.4, 0.5) is 0 Å². The number of hydrogen-bond acceptors (Lipinski definition) is 15. The maximum atomic E-state index is 12.9. The maximum Gasteiger partial charge on any atom is 0.253 e. The summed E-state index contributed by atoms with van der Waals surface area (Å²) in [5.74, 6) is 5.09. The van der Waals surface area contributed by atoms with E-state index in [2.05, 4.69) is 98.8 Å². The largest absolute Gasteiger partial charge is 0.495 e. The van der Waals surface area contributed by atoms with Crippen LogP contribution >= 0.6 is 11.6 Å². The van der Waals surface area contributed by atoms with Crippen molar-refractivity contribution < 1.29 is 33.4 Å². The van der Waals surface area contributed by atoms with Crippen LogP contribution < -0.4 is 19.5 Å². The molecule has 3 fully saturated rings. The number of ether oxygens (including phenoxy) is 3. The average Bonchev–Trinajstić information content (AvgIpc) is 1.63. The van der Waals surface area contributed by atoms with Crippen molar-refractivity contribution in [2.45, 2.75) is 104 Å². The van der Waals surface area contributed by atoms with Gasteiger partial charge < -0.3 is 57.6 Å². The maximum absolute atomic E-state index is 12.9. The lowest BCUT2D eigenvalue weighted by Crippen LogP contribution is -2.47. The number of halogens is 1. The third kappa shape index (κ3) is 19.0. The number of Topliss-reactive ketones (excluding diaryl/α,β-unsaturated/α-hetero) is 1. The fraction of sp³-hybridized carbons (Fsp3) is 0.425. The van der Waals surface area contributed by atoms with Gasteiger partial charge in [0, 0.05) is 160 Å². The normalized spacial score (nSPS) is 15.8. The number of carbonyl (C=O) groups is 2. The van der Waals surface area contributed by atoms with Crippen LogP contribution in [-0.2, 0) is 26.1 Å². The summed E-state index contributed by atoms with van der Waals surface area (Å²) >= 11 is 5.93. The number of likely N-dealkylation sites (tertiary alicyclic amines) is 2. The quantitative estimate of drug-likeness (QED) is 0.0485. The van der Waals surface area contributed by atoms with Crippen LogP contribution in [0, 0.1) is 23.2 Å². The molecule has 0 radical (unpaired) electrons. The van der Waals surface area contributed by atoms with Crippen molar-refractivity contribution in [1.82, 2.24) is 53.7 Å². The summed E-state index contributed by atoms with van der Waals surface area (Å²) in [5.41, 5.74) is 6.87. The van der Waals surface area contributed by atoms with E-state index in [0.717, 1.165) is 215 Å². The van der Waals surface area contributed by atoms with Crippen LogP contribution in [0.5, 0.6) is 17.2 Å². The number of carbonyl (C=O) groups excluding carboxylic acids is 2. The molecule has 1 amide bonds. The van der Waals surface area contributed by atoms with E-state index in [1.54, 1.807) is 33.5 Å². The molecule has 1 atom stereocenters. The topological polar surface area (TPSA) is 197 Å². The second-order valence-corrected chi connectivity index (χ2v) is 27.9. The number of pyridine rings is 1. The molecule has 5 aromatic heterocycles. The number of aryl methyl sites for hydroxylation is 2. The number of benzene rings is 5. The smallest absolute Gasteiger partial charge is 0.253 e. The molecule has 19 nitrogen and oxygen atoms in total. The SMILES string of the molecule is CC(=O)c1cn(CC(C)CN2CCC(O)(Cc3ccccc3)CC2)c2ccccc12.COc1cccc2c(C#N)cn(CCCN3CCC(c4nc(-c5ccncc5)no4)CC3)c12.COc1cccc2c(C(=O)NCC(C)C)cn(CCCN3CCN(CCOc4ccc(Cl)cc4)CC3)c12. The Morgan fingerprint density at radius 3 is 1.92 bits per heavy atom. The average molecular weight is 1370 g/mol. The molecule has 10 aromatic rings. The predicted molar refractivity (Wildman–Crippen MR) is 396 cm³/mol. The number of aromatic nitrogens is 6. The number of piperazine rings is 1. The molecule has 0 bridgehead atoms. The number of methoxy groups -OCH3 is 2. The number of nitriles is 1. The first-order valence-electron chi connectivity index (χ1n) is 35.5. The highest BCUT2D eigenvalue weighted by Gasteiger charge is 2.33. The highest BCUT2D eigenvalue weighted by Crippen LogP contribution is 2.34. The fourth-order valence-corrected chi connectivity index (χ4v) is 14.4. The summed E-state index contributed by atoms with van der Waals surface area (Å²) in [6, 6.07) is 43.8. The molecule has 0 spiro atoms. The highest BCUT2D eigenvalue weighted by molar-refractivity contribution is 6.30. The molecule has 0 aliphatic carbocycles. The van der Waals surface area contributed by atoms with Gasteiger partial charge in [-0.25, -0.2) is 0 Å². The molecule has 526 valence electrons. The number of aliphatic hydroxyl groups is 1. The molecule has 3 saturated heterocycles. The van der Waals surface area contributed by atoms with E-state index in [0.29, 0.717) is 47.9 Å². The minimum Gasteiger partial charge on any atom is -0.495 e. The Labute approximate surface area is 593 Å². The molecule has 100 heavy (non-hydrogen) atoms. The first-order valence-corrected chi connectivity index (χ1v) is 35.9. The molecule has 1 unspecified atom stereocenters. The number of fused-ring (bicyclic) bond motifs is 3. The zero-order valence-corrected chi connectivity index (χ0v) is 59.7. The van der Waals surface area contributed by atoms with Gasteiger partial charge in [-0.05, 0) is 144 Å². The van der Waals surface area contributed by atoms with Gasteiger partial charge in [-0.2, -0.15) is 10.2 Å². The fourth-order valence-electron chi connectivity index (χ4n) is 14.2. The first-order chi connectivity index (χ1) is 48.6. The zero-order chi connectivity index (χ0) is 70.0. The summed E-state index contributed by atoms with van der Waals surface area (Å²) in [7, 11) is 3.36. The highest BCUT2D eigenvalue weighted by atomic mass is 35.5. The van der Waals surface area contributed by atoms with Crippen molar-refractivity contribution >= 4 is 56.0 Å².